The molecule has 1 fully saturated rings. The van der Waals surface area contributed by atoms with Crippen LogP contribution in [0.2, 0.25) is 0 Å². The Kier molecular flexibility index (Phi) is 3.42. The fourth-order valence-corrected chi connectivity index (χ4v) is 3.10. The predicted octanol–water partition coefficient (Wildman–Crippen LogP) is 1.57. The number of carbonyl (C=O) groups is 1. The van der Waals surface area contributed by atoms with E-state index in [4.69, 9.17) is 0 Å². The van der Waals surface area contributed by atoms with Gasteiger partial charge < -0.3 is 15.3 Å². The van der Waals surface area contributed by atoms with Crippen molar-refractivity contribution < 1.29 is 9.90 Å². The van der Waals surface area contributed by atoms with Crippen LogP contribution < -0.4 is 5.32 Å². The number of aliphatic hydroxyl groups is 1. The van der Waals surface area contributed by atoms with Gasteiger partial charge in [-0.1, -0.05) is 18.2 Å². The highest BCUT2D eigenvalue weighted by molar-refractivity contribution is 5.86. The molecule has 0 bridgehead atoms. The first-order valence-electron chi connectivity index (χ1n) is 7.05. The molecule has 2 unspecified atom stereocenters. The number of hydrogen-bond acceptors (Lipinski definition) is 3. The van der Waals surface area contributed by atoms with E-state index in [0.717, 1.165) is 43.6 Å². The Morgan fingerprint density at radius 2 is 2.16 bits per heavy atom. The average Bonchev–Trinajstić information content (AvgIpc) is 2.46. The highest BCUT2D eigenvalue weighted by atomic mass is 16.3. The Balaban J connectivity index is 1.81. The maximum absolute atomic E-state index is 12.6. The third kappa shape index (κ3) is 2.45. The molecule has 0 spiro atoms. The number of piperidine rings is 1. The molecule has 0 radical (unpaired) electrons. The van der Waals surface area contributed by atoms with Gasteiger partial charge in [0.05, 0.1) is 12.0 Å². The summed E-state index contributed by atoms with van der Waals surface area (Å²) in [5.74, 6) is 0.121. The number of nitrogens with zero attached hydrogens (tertiary/aromatic N) is 1. The van der Waals surface area contributed by atoms with Gasteiger partial charge in [-0.05, 0) is 30.9 Å². The molecule has 19 heavy (non-hydrogen) atoms. The lowest BCUT2D eigenvalue weighted by molar-refractivity contribution is -0.136. The van der Waals surface area contributed by atoms with Crippen molar-refractivity contribution >= 4 is 11.6 Å². The zero-order valence-electron chi connectivity index (χ0n) is 11.0. The summed E-state index contributed by atoms with van der Waals surface area (Å²) in [4.78, 5) is 14.5. The molecule has 1 aromatic carbocycles. The summed E-state index contributed by atoms with van der Waals surface area (Å²) >= 11 is 0. The smallest absolute Gasteiger partial charge is 0.230 e. The molecule has 0 aromatic heterocycles. The number of para-hydroxylation sites is 1. The number of amides is 1. The van der Waals surface area contributed by atoms with E-state index in [1.54, 1.807) is 0 Å². The zero-order chi connectivity index (χ0) is 13.2. The largest absolute Gasteiger partial charge is 0.391 e. The van der Waals surface area contributed by atoms with Crippen molar-refractivity contribution in [2.45, 2.75) is 31.3 Å². The van der Waals surface area contributed by atoms with E-state index < -0.39 is 0 Å². The average molecular weight is 260 g/mol. The number of fused-ring (bicyclic) bond motifs is 1. The molecule has 1 amide bonds. The number of β-amino-alcohol motifs (C(OH)–C–C–N with tert-alkyl or cyclic N) is 1. The minimum atomic E-state index is -0.352. The fourth-order valence-electron chi connectivity index (χ4n) is 3.10. The van der Waals surface area contributed by atoms with Crippen molar-refractivity contribution in [1.82, 2.24) is 4.90 Å². The van der Waals surface area contributed by atoms with Gasteiger partial charge >= 0.3 is 0 Å². The Morgan fingerprint density at radius 3 is 3.00 bits per heavy atom. The van der Waals surface area contributed by atoms with Crippen LogP contribution in [0.1, 0.15) is 30.7 Å². The molecule has 3 rings (SSSR count). The highest BCUT2D eigenvalue weighted by Crippen LogP contribution is 2.33. The molecule has 2 atom stereocenters. The van der Waals surface area contributed by atoms with Gasteiger partial charge in [0.15, 0.2) is 0 Å². The number of carbonyl (C=O) groups excluding carboxylic acids is 1. The molecule has 102 valence electrons. The maximum Gasteiger partial charge on any atom is 0.230 e. The monoisotopic (exact) mass is 260 g/mol. The minimum absolute atomic E-state index is 0.0530. The summed E-state index contributed by atoms with van der Waals surface area (Å²) < 4.78 is 0. The van der Waals surface area contributed by atoms with Gasteiger partial charge in [-0.25, -0.2) is 0 Å². The molecule has 2 aliphatic heterocycles. The maximum atomic E-state index is 12.6. The van der Waals surface area contributed by atoms with Crippen LogP contribution in [0.4, 0.5) is 5.69 Å². The second-order valence-electron chi connectivity index (χ2n) is 5.44. The van der Waals surface area contributed by atoms with Crippen LogP contribution in [0.25, 0.3) is 0 Å². The fraction of sp³-hybridized carbons (Fsp3) is 0.533. The highest BCUT2D eigenvalue weighted by Gasteiger charge is 2.31. The second kappa shape index (κ2) is 5.21. The second-order valence-corrected chi connectivity index (χ2v) is 5.44. The Morgan fingerprint density at radius 1 is 1.32 bits per heavy atom. The first-order chi connectivity index (χ1) is 9.25. The number of likely N-dealkylation sites (tertiary alicyclic amines) is 1. The van der Waals surface area contributed by atoms with E-state index in [9.17, 15) is 9.90 Å². The Hall–Kier alpha value is -1.55. The predicted molar refractivity (Wildman–Crippen MR) is 74.1 cm³/mol. The van der Waals surface area contributed by atoms with Gasteiger partial charge in [-0.3, -0.25) is 4.79 Å². The number of hydrogen-bond donors (Lipinski definition) is 2. The van der Waals surface area contributed by atoms with Crippen LogP contribution in [0.3, 0.4) is 0 Å². The molecule has 1 aromatic rings. The number of aliphatic hydroxyl groups excluding tert-OH is 1. The number of rotatable bonds is 1. The van der Waals surface area contributed by atoms with Crippen molar-refractivity contribution in [2.75, 3.05) is 25.0 Å². The molecular weight excluding hydrogens is 240 g/mol. The van der Waals surface area contributed by atoms with Gasteiger partial charge in [0, 0.05) is 25.3 Å². The Labute approximate surface area is 113 Å². The van der Waals surface area contributed by atoms with Crippen molar-refractivity contribution in [3.05, 3.63) is 29.8 Å². The molecule has 0 aliphatic carbocycles. The van der Waals surface area contributed by atoms with Crippen molar-refractivity contribution in [2.24, 2.45) is 0 Å². The molecule has 2 aliphatic rings. The van der Waals surface area contributed by atoms with Crippen molar-refractivity contribution in [3.8, 4) is 0 Å². The lowest BCUT2D eigenvalue weighted by Gasteiger charge is -2.35. The van der Waals surface area contributed by atoms with E-state index in [1.165, 1.54) is 0 Å². The lowest BCUT2D eigenvalue weighted by Crippen LogP contribution is -2.45. The number of nitrogens with one attached hydrogen (secondary N) is 1. The van der Waals surface area contributed by atoms with Crippen LogP contribution in [-0.2, 0) is 4.79 Å². The molecule has 2 N–H and O–H groups in total. The van der Waals surface area contributed by atoms with Crippen LogP contribution in [0.5, 0.6) is 0 Å². The van der Waals surface area contributed by atoms with Crippen LogP contribution >= 0.6 is 0 Å². The summed E-state index contributed by atoms with van der Waals surface area (Å²) in [5, 5.41) is 13.1. The molecule has 1 saturated heterocycles. The van der Waals surface area contributed by atoms with E-state index in [0.29, 0.717) is 6.54 Å². The van der Waals surface area contributed by atoms with Gasteiger partial charge in [0.1, 0.15) is 0 Å². The Bertz CT molecular complexity index is 475. The van der Waals surface area contributed by atoms with Crippen LogP contribution in [0, 0.1) is 0 Å². The van der Waals surface area contributed by atoms with E-state index in [-0.39, 0.29) is 17.9 Å². The molecular formula is C15H20N2O2. The normalized spacial score (nSPS) is 26.5. The summed E-state index contributed by atoms with van der Waals surface area (Å²) in [6, 6.07) is 8.03. The van der Waals surface area contributed by atoms with Crippen LogP contribution in [-0.4, -0.2) is 41.7 Å². The zero-order valence-corrected chi connectivity index (χ0v) is 11.0. The van der Waals surface area contributed by atoms with Crippen LogP contribution in [0.15, 0.2) is 24.3 Å². The summed E-state index contributed by atoms with van der Waals surface area (Å²) in [7, 11) is 0. The van der Waals surface area contributed by atoms with Crippen molar-refractivity contribution in [1.29, 1.82) is 0 Å². The quantitative estimate of drug-likeness (QED) is 0.806. The van der Waals surface area contributed by atoms with Gasteiger partial charge in [-0.15, -0.1) is 0 Å². The first kappa shape index (κ1) is 12.5. The summed E-state index contributed by atoms with van der Waals surface area (Å²) in [6.45, 7) is 2.11. The standard InChI is InChI=1S/C15H20N2O2/c18-11-4-3-9-17(10-11)15(19)13-7-8-16-14-6-2-1-5-12(13)14/h1-2,5-6,11,13,16,18H,3-4,7-10H2. The van der Waals surface area contributed by atoms with Crippen molar-refractivity contribution in [3.63, 3.8) is 0 Å². The number of benzene rings is 1. The molecule has 4 nitrogen and oxygen atoms in total. The van der Waals surface area contributed by atoms with Gasteiger partial charge in [0.25, 0.3) is 0 Å². The van der Waals surface area contributed by atoms with E-state index in [1.807, 2.05) is 29.2 Å². The topological polar surface area (TPSA) is 52.6 Å². The molecule has 4 heteroatoms. The lowest BCUT2D eigenvalue weighted by atomic mass is 9.89. The van der Waals surface area contributed by atoms with Gasteiger partial charge in [0.2, 0.25) is 5.91 Å². The van der Waals surface area contributed by atoms with Gasteiger partial charge in [-0.2, -0.15) is 0 Å². The summed E-state index contributed by atoms with van der Waals surface area (Å²) in [6.07, 6.45) is 2.20. The number of anilines is 1. The molecule has 2 heterocycles. The first-order valence-corrected chi connectivity index (χ1v) is 7.05. The third-order valence-electron chi connectivity index (χ3n) is 4.09. The molecule has 0 saturated carbocycles. The summed E-state index contributed by atoms with van der Waals surface area (Å²) in [5.41, 5.74) is 2.17. The van der Waals surface area contributed by atoms with E-state index >= 15 is 0 Å². The van der Waals surface area contributed by atoms with E-state index in [2.05, 4.69) is 5.32 Å². The minimum Gasteiger partial charge on any atom is -0.391 e. The SMILES string of the molecule is O=C(C1CCNc2ccccc21)N1CCCC(O)C1. The third-order valence-corrected chi connectivity index (χ3v) is 4.09.